The van der Waals surface area contributed by atoms with Gasteiger partial charge in [0.05, 0.1) is 12.2 Å². The van der Waals surface area contributed by atoms with Crippen molar-refractivity contribution in [1.82, 2.24) is 30.2 Å². The molecule has 1 aliphatic carbocycles. The highest BCUT2D eigenvalue weighted by Gasteiger charge is 2.26. The van der Waals surface area contributed by atoms with Gasteiger partial charge in [0.15, 0.2) is 5.65 Å². The predicted octanol–water partition coefficient (Wildman–Crippen LogP) is 2.71. The summed E-state index contributed by atoms with van der Waals surface area (Å²) < 4.78 is 1.59. The number of halogens is 1. The van der Waals surface area contributed by atoms with Gasteiger partial charge in [0.2, 0.25) is 11.9 Å². The molecule has 0 spiro atoms. The van der Waals surface area contributed by atoms with Crippen LogP contribution in [0.1, 0.15) is 36.9 Å². The number of anilines is 2. The number of amides is 3. The smallest absolute Gasteiger partial charge is 0.326 e. The second-order valence-corrected chi connectivity index (χ2v) is 7.95. The van der Waals surface area contributed by atoms with E-state index in [0.717, 1.165) is 18.4 Å². The number of imide groups is 1. The van der Waals surface area contributed by atoms with E-state index in [4.69, 9.17) is 11.6 Å². The molecule has 1 saturated heterocycles. The first kappa shape index (κ1) is 19.3. The van der Waals surface area contributed by atoms with Crippen molar-refractivity contribution in [2.24, 2.45) is 0 Å². The standard InChI is InChI=1S/C20H19ClN8O2/c1-10(11-2-4-13(21)5-3-11)23-18-26-16-12(8-15-17(30)27-20(31)25-15)9-22-29(16)19(28-18)24-14-6-7-14/h2-5,8-10,14H,6-7H2,1H3,(H2,23,24,26,28)(H2,25,27,30,31)/b15-8-. The number of hydrogen-bond donors (Lipinski definition) is 4. The van der Waals surface area contributed by atoms with Gasteiger partial charge in [0, 0.05) is 16.6 Å². The van der Waals surface area contributed by atoms with E-state index in [1.54, 1.807) is 16.8 Å². The highest BCUT2D eigenvalue weighted by molar-refractivity contribution is 6.30. The Kier molecular flexibility index (Phi) is 4.70. The van der Waals surface area contributed by atoms with Crippen molar-refractivity contribution < 1.29 is 9.59 Å². The lowest BCUT2D eigenvalue weighted by molar-refractivity contribution is -0.115. The van der Waals surface area contributed by atoms with Crippen molar-refractivity contribution in [2.75, 3.05) is 10.6 Å². The third-order valence-electron chi connectivity index (χ3n) is 5.04. The lowest BCUT2D eigenvalue weighted by Gasteiger charge is -2.16. The number of nitrogens with zero attached hydrogens (tertiary/aromatic N) is 4. The Morgan fingerprint density at radius 3 is 2.65 bits per heavy atom. The molecule has 2 aromatic heterocycles. The van der Waals surface area contributed by atoms with Crippen LogP contribution in [0, 0.1) is 0 Å². The largest absolute Gasteiger partial charge is 0.351 e. The van der Waals surface area contributed by atoms with E-state index in [1.807, 2.05) is 31.2 Å². The zero-order valence-electron chi connectivity index (χ0n) is 16.5. The molecule has 0 bridgehead atoms. The van der Waals surface area contributed by atoms with Crippen LogP contribution < -0.4 is 21.3 Å². The van der Waals surface area contributed by atoms with Crippen molar-refractivity contribution in [3.05, 3.63) is 52.3 Å². The van der Waals surface area contributed by atoms with Crippen LogP contribution in [0.25, 0.3) is 11.7 Å². The number of fused-ring (bicyclic) bond motifs is 1. The first-order valence-corrected chi connectivity index (χ1v) is 10.2. The fourth-order valence-electron chi connectivity index (χ4n) is 3.23. The maximum atomic E-state index is 11.9. The number of aromatic nitrogens is 4. The third-order valence-corrected chi connectivity index (χ3v) is 5.29. The molecule has 2 aliphatic rings. The number of nitrogens with one attached hydrogen (secondary N) is 4. The molecule has 31 heavy (non-hydrogen) atoms. The van der Waals surface area contributed by atoms with Gasteiger partial charge in [-0.1, -0.05) is 23.7 Å². The molecule has 11 heteroatoms. The summed E-state index contributed by atoms with van der Waals surface area (Å²) in [5.74, 6) is 0.477. The molecule has 0 radical (unpaired) electrons. The Labute approximate surface area is 182 Å². The molecule has 5 rings (SSSR count). The number of urea groups is 1. The van der Waals surface area contributed by atoms with Crippen LogP contribution in [0.2, 0.25) is 5.02 Å². The summed E-state index contributed by atoms with van der Waals surface area (Å²) in [6.07, 6.45) is 5.27. The van der Waals surface area contributed by atoms with Crippen molar-refractivity contribution in [1.29, 1.82) is 0 Å². The summed E-state index contributed by atoms with van der Waals surface area (Å²) >= 11 is 5.99. The minimum absolute atomic E-state index is 0.0712. The van der Waals surface area contributed by atoms with Gasteiger partial charge in [-0.05, 0) is 43.5 Å². The fourth-order valence-corrected chi connectivity index (χ4v) is 3.36. The highest BCUT2D eigenvalue weighted by atomic mass is 35.5. The van der Waals surface area contributed by atoms with Crippen molar-refractivity contribution in [3.63, 3.8) is 0 Å². The maximum absolute atomic E-state index is 11.9. The summed E-state index contributed by atoms with van der Waals surface area (Å²) in [7, 11) is 0. The number of hydrogen-bond acceptors (Lipinski definition) is 7. The third kappa shape index (κ3) is 4.02. The average molecular weight is 439 g/mol. The first-order chi connectivity index (χ1) is 15.0. The highest BCUT2D eigenvalue weighted by Crippen LogP contribution is 2.27. The molecule has 3 heterocycles. The SMILES string of the molecule is CC(Nc1nc(NC2CC2)n2ncc(/C=C3\NC(=O)NC3=O)c2n1)c1ccc(Cl)cc1. The zero-order valence-corrected chi connectivity index (χ0v) is 17.3. The van der Waals surface area contributed by atoms with Crippen LogP contribution in [0.15, 0.2) is 36.2 Å². The van der Waals surface area contributed by atoms with E-state index in [-0.39, 0.29) is 11.7 Å². The molecule has 3 aromatic rings. The van der Waals surface area contributed by atoms with E-state index in [0.29, 0.717) is 34.2 Å². The monoisotopic (exact) mass is 438 g/mol. The molecule has 3 amide bonds. The van der Waals surface area contributed by atoms with Crippen molar-refractivity contribution >= 4 is 47.2 Å². The van der Waals surface area contributed by atoms with Gasteiger partial charge in [-0.15, -0.1) is 0 Å². The van der Waals surface area contributed by atoms with Crippen LogP contribution in [0.5, 0.6) is 0 Å². The molecule has 1 atom stereocenters. The Hall–Kier alpha value is -3.66. The number of benzene rings is 1. The average Bonchev–Trinajstić information content (AvgIpc) is 3.37. The zero-order chi connectivity index (χ0) is 21.5. The Morgan fingerprint density at radius 2 is 1.97 bits per heavy atom. The second-order valence-electron chi connectivity index (χ2n) is 7.51. The molecule has 158 valence electrons. The van der Waals surface area contributed by atoms with Crippen molar-refractivity contribution in [2.45, 2.75) is 31.8 Å². The molecule has 1 unspecified atom stereocenters. The Morgan fingerprint density at radius 1 is 1.19 bits per heavy atom. The van der Waals surface area contributed by atoms with Gasteiger partial charge in [0.25, 0.3) is 5.91 Å². The van der Waals surface area contributed by atoms with Crippen molar-refractivity contribution in [3.8, 4) is 0 Å². The van der Waals surface area contributed by atoms with E-state index >= 15 is 0 Å². The summed E-state index contributed by atoms with van der Waals surface area (Å²) in [4.78, 5) is 32.5. The van der Waals surface area contributed by atoms with Crippen LogP contribution >= 0.6 is 11.6 Å². The minimum atomic E-state index is -0.558. The Bertz CT molecular complexity index is 1220. The molecule has 4 N–H and O–H groups in total. The molecule has 1 saturated carbocycles. The maximum Gasteiger partial charge on any atom is 0.326 e. The molecule has 1 aliphatic heterocycles. The summed E-state index contributed by atoms with van der Waals surface area (Å²) in [5, 5.41) is 16.4. The van der Waals surface area contributed by atoms with Crippen LogP contribution in [-0.4, -0.2) is 37.6 Å². The summed E-state index contributed by atoms with van der Waals surface area (Å²) in [6.45, 7) is 2.00. The van der Waals surface area contributed by atoms with E-state index in [9.17, 15) is 9.59 Å². The predicted molar refractivity (Wildman–Crippen MR) is 116 cm³/mol. The molecular weight excluding hydrogens is 420 g/mol. The van der Waals surface area contributed by atoms with Crippen LogP contribution in [-0.2, 0) is 4.79 Å². The van der Waals surface area contributed by atoms with Gasteiger partial charge in [-0.25, -0.2) is 4.79 Å². The van der Waals surface area contributed by atoms with Gasteiger partial charge >= 0.3 is 6.03 Å². The van der Waals surface area contributed by atoms with Crippen LogP contribution in [0.4, 0.5) is 16.7 Å². The normalized spacial score (nSPS) is 18.2. The first-order valence-electron chi connectivity index (χ1n) is 9.84. The van der Waals surface area contributed by atoms with E-state index in [2.05, 4.69) is 36.3 Å². The number of carbonyl (C=O) groups is 2. The van der Waals surface area contributed by atoms with Gasteiger partial charge in [0.1, 0.15) is 5.70 Å². The van der Waals surface area contributed by atoms with Gasteiger partial charge in [-0.3, -0.25) is 10.1 Å². The lowest BCUT2D eigenvalue weighted by atomic mass is 10.1. The van der Waals surface area contributed by atoms with Crippen LogP contribution in [0.3, 0.4) is 0 Å². The van der Waals surface area contributed by atoms with E-state index in [1.165, 1.54) is 0 Å². The number of carbonyl (C=O) groups excluding carboxylic acids is 2. The quantitative estimate of drug-likeness (QED) is 0.344. The fraction of sp³-hybridized carbons (Fsp3) is 0.250. The topological polar surface area (TPSA) is 125 Å². The van der Waals surface area contributed by atoms with Gasteiger partial charge < -0.3 is 16.0 Å². The molecule has 1 aromatic carbocycles. The Balaban J connectivity index is 1.52. The van der Waals surface area contributed by atoms with Gasteiger partial charge in [-0.2, -0.15) is 19.6 Å². The second kappa shape index (κ2) is 7.55. The van der Waals surface area contributed by atoms with E-state index < -0.39 is 11.9 Å². The molecule has 2 fully saturated rings. The summed E-state index contributed by atoms with van der Waals surface area (Å²) in [6, 6.07) is 7.28. The summed E-state index contributed by atoms with van der Waals surface area (Å²) in [5.41, 5.74) is 2.26. The molecular formula is C20H19ClN8O2. The lowest BCUT2D eigenvalue weighted by Crippen LogP contribution is -2.22. The number of rotatable bonds is 6. The minimum Gasteiger partial charge on any atom is -0.351 e. The molecule has 10 nitrogen and oxygen atoms in total.